The summed E-state index contributed by atoms with van der Waals surface area (Å²) in [4.78, 5) is 14.3. The zero-order valence-electron chi connectivity index (χ0n) is 24.0. The van der Waals surface area contributed by atoms with Gasteiger partial charge in [-0.15, -0.1) is 0 Å². The fourth-order valence-electron chi connectivity index (χ4n) is 5.26. The van der Waals surface area contributed by atoms with E-state index in [2.05, 4.69) is 86.2 Å². The van der Waals surface area contributed by atoms with Crippen molar-refractivity contribution in [2.24, 2.45) is 0 Å². The lowest BCUT2D eigenvalue weighted by Crippen LogP contribution is -2.44. The van der Waals surface area contributed by atoms with Gasteiger partial charge in [0.25, 0.3) is 0 Å². The molecule has 0 bridgehead atoms. The van der Waals surface area contributed by atoms with Crippen molar-refractivity contribution in [2.75, 3.05) is 89.6 Å². The van der Waals surface area contributed by atoms with Gasteiger partial charge >= 0.3 is 0 Å². The molecule has 2 aliphatic rings. The van der Waals surface area contributed by atoms with E-state index < -0.39 is 0 Å². The third-order valence-electron chi connectivity index (χ3n) is 7.76. The summed E-state index contributed by atoms with van der Waals surface area (Å²) in [7, 11) is 3.91. The second-order valence-electron chi connectivity index (χ2n) is 10.7. The molecule has 0 aliphatic carbocycles. The summed E-state index contributed by atoms with van der Waals surface area (Å²) in [6.07, 6.45) is 1.89. The Hall–Kier alpha value is -3.17. The Bertz CT molecular complexity index is 1180. The number of aromatic nitrogens is 1. The molecule has 8 heteroatoms. The Morgan fingerprint density at radius 2 is 1.65 bits per heavy atom. The fraction of sp³-hybridized carbons (Fsp3) is 0.469. The number of hydrogen-bond acceptors (Lipinski definition) is 8. The van der Waals surface area contributed by atoms with Crippen LogP contribution in [0.15, 0.2) is 66.9 Å². The molecule has 5 rings (SSSR count). The van der Waals surface area contributed by atoms with Gasteiger partial charge in [-0.1, -0.05) is 24.3 Å². The number of piperazine rings is 1. The van der Waals surface area contributed by atoms with E-state index in [1.165, 1.54) is 16.8 Å². The maximum Gasteiger partial charge on any atom is 0.119 e. The summed E-state index contributed by atoms with van der Waals surface area (Å²) in [5.41, 5.74) is 5.86. The first kappa shape index (κ1) is 28.4. The molecule has 2 aromatic carbocycles. The number of methoxy groups -OCH3 is 1. The van der Waals surface area contributed by atoms with E-state index in [1.807, 2.05) is 12.3 Å². The van der Waals surface area contributed by atoms with E-state index in [0.29, 0.717) is 13.2 Å². The monoisotopic (exact) mass is 545 g/mol. The molecular formula is C32H43N5O3. The number of nitrogens with zero attached hydrogens (tertiary/aromatic N) is 5. The largest absolute Gasteiger partial charge is 0.497 e. The van der Waals surface area contributed by atoms with Gasteiger partial charge in [0, 0.05) is 76.5 Å². The zero-order chi connectivity index (χ0) is 27.6. The summed E-state index contributed by atoms with van der Waals surface area (Å²) < 4.78 is 16.9. The topological polar surface area (TPSA) is 53.5 Å². The van der Waals surface area contributed by atoms with Crippen molar-refractivity contribution in [1.29, 1.82) is 0 Å². The van der Waals surface area contributed by atoms with Crippen LogP contribution in [0.2, 0.25) is 0 Å². The van der Waals surface area contributed by atoms with E-state index >= 15 is 0 Å². The van der Waals surface area contributed by atoms with E-state index in [0.717, 1.165) is 89.2 Å². The van der Waals surface area contributed by atoms with Crippen LogP contribution < -0.4 is 14.5 Å². The summed E-state index contributed by atoms with van der Waals surface area (Å²) in [5, 5.41) is 0. The SMILES string of the molecule is COc1cccc(CN(Cc2ccc(N3CCN(C)CC3)cc2)c2ccnc(COCCN3CCOCC3)c2)c1. The van der Waals surface area contributed by atoms with Crippen LogP contribution in [-0.2, 0) is 29.2 Å². The number of likely N-dealkylation sites (N-methyl/N-ethyl adjacent to an activating group) is 1. The second-order valence-corrected chi connectivity index (χ2v) is 10.7. The van der Waals surface area contributed by atoms with Gasteiger partial charge in [-0.05, 0) is 54.6 Å². The van der Waals surface area contributed by atoms with Gasteiger partial charge in [-0.3, -0.25) is 9.88 Å². The van der Waals surface area contributed by atoms with E-state index in [9.17, 15) is 0 Å². The molecule has 3 aromatic rings. The van der Waals surface area contributed by atoms with Gasteiger partial charge in [0.2, 0.25) is 0 Å². The van der Waals surface area contributed by atoms with Crippen molar-refractivity contribution in [1.82, 2.24) is 14.8 Å². The highest BCUT2D eigenvalue weighted by atomic mass is 16.5. The Balaban J connectivity index is 1.26. The van der Waals surface area contributed by atoms with Crippen LogP contribution in [0.1, 0.15) is 16.8 Å². The first-order chi connectivity index (χ1) is 19.7. The molecule has 214 valence electrons. The number of pyridine rings is 1. The Morgan fingerprint density at radius 1 is 0.875 bits per heavy atom. The second kappa shape index (κ2) is 14.5. The smallest absolute Gasteiger partial charge is 0.119 e. The van der Waals surface area contributed by atoms with Crippen LogP contribution in [0.4, 0.5) is 11.4 Å². The van der Waals surface area contributed by atoms with Crippen LogP contribution in [0.5, 0.6) is 5.75 Å². The van der Waals surface area contributed by atoms with Gasteiger partial charge in [0.15, 0.2) is 0 Å². The molecule has 0 radical (unpaired) electrons. The van der Waals surface area contributed by atoms with Crippen LogP contribution in [0, 0.1) is 0 Å². The van der Waals surface area contributed by atoms with Crippen molar-refractivity contribution >= 4 is 11.4 Å². The van der Waals surface area contributed by atoms with Crippen molar-refractivity contribution in [3.63, 3.8) is 0 Å². The van der Waals surface area contributed by atoms with Crippen LogP contribution in [-0.4, -0.2) is 94.6 Å². The highest BCUT2D eigenvalue weighted by Gasteiger charge is 2.16. The fourth-order valence-corrected chi connectivity index (χ4v) is 5.26. The van der Waals surface area contributed by atoms with Crippen molar-refractivity contribution in [2.45, 2.75) is 19.7 Å². The number of rotatable bonds is 12. The molecule has 0 N–H and O–H groups in total. The molecule has 0 atom stereocenters. The predicted octanol–water partition coefficient (Wildman–Crippen LogP) is 3.90. The molecule has 3 heterocycles. The van der Waals surface area contributed by atoms with Gasteiger partial charge in [0.1, 0.15) is 5.75 Å². The number of ether oxygens (including phenoxy) is 3. The molecule has 2 aliphatic heterocycles. The van der Waals surface area contributed by atoms with Crippen molar-refractivity contribution in [3.8, 4) is 5.75 Å². The van der Waals surface area contributed by atoms with E-state index in [1.54, 1.807) is 7.11 Å². The maximum absolute atomic E-state index is 6.01. The molecule has 0 amide bonds. The zero-order valence-corrected chi connectivity index (χ0v) is 24.0. The summed E-state index contributed by atoms with van der Waals surface area (Å²) in [6.45, 7) is 11.6. The number of morpholine rings is 1. The number of benzene rings is 2. The average Bonchev–Trinajstić information content (AvgIpc) is 3.01. The standard InChI is InChI=1S/C32H43N5O3/c1-34-12-14-36(15-13-34)30-8-6-27(7-9-30)24-37(25-28-4-3-5-32(22-28)38-2)31-10-11-33-29(23-31)26-40-21-18-35-16-19-39-20-17-35/h3-11,22-23H,12-21,24-26H2,1-2H3. The summed E-state index contributed by atoms with van der Waals surface area (Å²) in [5.74, 6) is 0.873. The number of hydrogen-bond donors (Lipinski definition) is 0. The third-order valence-corrected chi connectivity index (χ3v) is 7.76. The molecule has 2 fully saturated rings. The molecule has 0 saturated carbocycles. The minimum absolute atomic E-state index is 0.505. The summed E-state index contributed by atoms with van der Waals surface area (Å²) in [6, 6.07) is 21.6. The molecule has 0 unspecified atom stereocenters. The highest BCUT2D eigenvalue weighted by molar-refractivity contribution is 5.51. The lowest BCUT2D eigenvalue weighted by molar-refractivity contribution is 0.0177. The van der Waals surface area contributed by atoms with Gasteiger partial charge < -0.3 is 28.9 Å². The Labute approximate surface area is 239 Å². The quantitative estimate of drug-likeness (QED) is 0.318. The van der Waals surface area contributed by atoms with Crippen LogP contribution >= 0.6 is 0 Å². The molecule has 8 nitrogen and oxygen atoms in total. The average molecular weight is 546 g/mol. The van der Waals surface area contributed by atoms with Gasteiger partial charge in [-0.2, -0.15) is 0 Å². The van der Waals surface area contributed by atoms with E-state index in [4.69, 9.17) is 14.2 Å². The molecule has 0 spiro atoms. The molecule has 2 saturated heterocycles. The first-order valence-corrected chi connectivity index (χ1v) is 14.4. The minimum atomic E-state index is 0.505. The van der Waals surface area contributed by atoms with Crippen LogP contribution in [0.3, 0.4) is 0 Å². The maximum atomic E-state index is 6.01. The third kappa shape index (κ3) is 8.17. The molecule has 40 heavy (non-hydrogen) atoms. The lowest BCUT2D eigenvalue weighted by Gasteiger charge is -2.34. The molecular weight excluding hydrogens is 502 g/mol. The Kier molecular flexibility index (Phi) is 10.3. The Morgan fingerprint density at radius 3 is 2.42 bits per heavy atom. The predicted molar refractivity (Wildman–Crippen MR) is 160 cm³/mol. The lowest BCUT2D eigenvalue weighted by atomic mass is 10.1. The first-order valence-electron chi connectivity index (χ1n) is 14.4. The van der Waals surface area contributed by atoms with Crippen LogP contribution in [0.25, 0.3) is 0 Å². The minimum Gasteiger partial charge on any atom is -0.497 e. The van der Waals surface area contributed by atoms with Crippen molar-refractivity contribution < 1.29 is 14.2 Å². The molecule has 1 aromatic heterocycles. The van der Waals surface area contributed by atoms with Gasteiger partial charge in [-0.25, -0.2) is 0 Å². The summed E-state index contributed by atoms with van der Waals surface area (Å²) >= 11 is 0. The normalized spacial score (nSPS) is 16.7. The number of anilines is 2. The van der Waals surface area contributed by atoms with Crippen molar-refractivity contribution in [3.05, 3.63) is 83.7 Å². The highest BCUT2D eigenvalue weighted by Crippen LogP contribution is 2.24. The van der Waals surface area contributed by atoms with Gasteiger partial charge in [0.05, 0.1) is 39.2 Å². The van der Waals surface area contributed by atoms with E-state index in [-0.39, 0.29) is 0 Å².